The van der Waals surface area contributed by atoms with Gasteiger partial charge >= 0.3 is 0 Å². The molecule has 0 saturated carbocycles. The zero-order valence-electron chi connectivity index (χ0n) is 14.7. The third kappa shape index (κ3) is 3.54. The number of ketones is 1. The van der Waals surface area contributed by atoms with Gasteiger partial charge in [-0.2, -0.15) is 5.26 Å². The van der Waals surface area contributed by atoms with Gasteiger partial charge in [-0.25, -0.2) is 4.99 Å². The minimum Gasteiger partial charge on any atom is -0.294 e. The highest BCUT2D eigenvalue weighted by Gasteiger charge is 2.44. The van der Waals surface area contributed by atoms with E-state index < -0.39 is 5.92 Å². The molecular formula is C20H21ClN2OS. The third-order valence-corrected chi connectivity index (χ3v) is 5.89. The number of benzene rings is 1. The van der Waals surface area contributed by atoms with Crippen LogP contribution in [-0.4, -0.2) is 16.6 Å². The molecule has 1 aliphatic heterocycles. The van der Waals surface area contributed by atoms with Crippen LogP contribution in [0.1, 0.15) is 45.1 Å². The van der Waals surface area contributed by atoms with Gasteiger partial charge < -0.3 is 0 Å². The van der Waals surface area contributed by atoms with Gasteiger partial charge in [-0.3, -0.25) is 4.79 Å². The van der Waals surface area contributed by atoms with Crippen LogP contribution >= 0.6 is 23.4 Å². The molecule has 3 rings (SSSR count). The fraction of sp³-hybridized carbons (Fsp3) is 0.450. The Balaban J connectivity index is 2.17. The lowest BCUT2D eigenvalue weighted by atomic mass is 9.68. The predicted octanol–water partition coefficient (Wildman–Crippen LogP) is 5.37. The van der Waals surface area contributed by atoms with E-state index in [1.165, 1.54) is 0 Å². The molecule has 0 fully saturated rings. The van der Waals surface area contributed by atoms with E-state index in [2.05, 4.69) is 26.8 Å². The zero-order chi connectivity index (χ0) is 18.2. The average Bonchev–Trinajstić information content (AvgIpc) is 2.53. The highest BCUT2D eigenvalue weighted by atomic mass is 35.5. The van der Waals surface area contributed by atoms with E-state index in [0.29, 0.717) is 11.4 Å². The van der Waals surface area contributed by atoms with Crippen molar-refractivity contribution in [2.24, 2.45) is 16.3 Å². The number of rotatable bonds is 2. The van der Waals surface area contributed by atoms with Crippen LogP contribution in [0.3, 0.4) is 0 Å². The molecule has 0 amide bonds. The van der Waals surface area contributed by atoms with Crippen LogP contribution in [0, 0.1) is 22.7 Å². The van der Waals surface area contributed by atoms with Gasteiger partial charge in [0.2, 0.25) is 0 Å². The summed E-state index contributed by atoms with van der Waals surface area (Å²) in [5.74, 6) is 0.294. The Kier molecular flexibility index (Phi) is 5.09. The fourth-order valence-corrected chi connectivity index (χ4v) is 4.66. The maximum absolute atomic E-state index is 13.0. The second kappa shape index (κ2) is 6.97. The van der Waals surface area contributed by atoms with Crippen LogP contribution in [0.25, 0.3) is 0 Å². The first-order valence-corrected chi connectivity index (χ1v) is 9.85. The van der Waals surface area contributed by atoms with Crippen molar-refractivity contribution in [2.75, 3.05) is 5.75 Å². The summed E-state index contributed by atoms with van der Waals surface area (Å²) >= 11 is 7.63. The van der Waals surface area contributed by atoms with Gasteiger partial charge in [-0.15, -0.1) is 11.8 Å². The molecule has 0 spiro atoms. The number of thioether (sulfide) groups is 1. The molecule has 3 nitrogen and oxygen atoms in total. The van der Waals surface area contributed by atoms with Crippen molar-refractivity contribution < 1.29 is 4.79 Å². The molecule has 1 aliphatic carbocycles. The number of carbonyl (C=O) groups excluding carboxylic acids is 1. The van der Waals surface area contributed by atoms with Gasteiger partial charge in [0.1, 0.15) is 5.92 Å². The summed E-state index contributed by atoms with van der Waals surface area (Å²) in [5.41, 5.74) is 2.46. The molecule has 0 saturated heterocycles. The fourth-order valence-electron chi connectivity index (χ4n) is 3.70. The second-order valence-electron chi connectivity index (χ2n) is 7.32. The first kappa shape index (κ1) is 18.2. The van der Waals surface area contributed by atoms with Crippen molar-refractivity contribution in [2.45, 2.75) is 39.5 Å². The van der Waals surface area contributed by atoms with Gasteiger partial charge in [0, 0.05) is 28.6 Å². The van der Waals surface area contributed by atoms with E-state index in [-0.39, 0.29) is 17.1 Å². The maximum atomic E-state index is 13.0. The highest BCUT2D eigenvalue weighted by molar-refractivity contribution is 8.14. The summed E-state index contributed by atoms with van der Waals surface area (Å²) in [4.78, 5) is 17.7. The molecule has 0 aromatic heterocycles. The Labute approximate surface area is 158 Å². The topological polar surface area (TPSA) is 53.2 Å². The highest BCUT2D eigenvalue weighted by Crippen LogP contribution is 2.48. The number of nitrogens with zero attached hydrogens (tertiary/aromatic N) is 2. The Morgan fingerprint density at radius 2 is 2.00 bits per heavy atom. The van der Waals surface area contributed by atoms with E-state index in [0.717, 1.165) is 34.1 Å². The molecule has 5 heteroatoms. The minimum absolute atomic E-state index is 0.0918. The quantitative estimate of drug-likeness (QED) is 0.701. The minimum atomic E-state index is -0.421. The molecule has 0 bridgehead atoms. The molecule has 0 radical (unpaired) electrons. The second-order valence-corrected chi connectivity index (χ2v) is 9.04. The summed E-state index contributed by atoms with van der Waals surface area (Å²) in [6, 6.07) is 9.90. The molecule has 1 unspecified atom stereocenters. The van der Waals surface area contributed by atoms with Crippen LogP contribution in [0.4, 0.5) is 0 Å². The SMILES string of the molecule is CCSC1=NC2=C(C(=O)CC(C)(C)C2)[C@@H](c2ccc(Cl)cc2)C1C#N. The molecule has 2 atom stereocenters. The molecule has 1 heterocycles. The van der Waals surface area contributed by atoms with E-state index in [9.17, 15) is 10.1 Å². The summed E-state index contributed by atoms with van der Waals surface area (Å²) < 4.78 is 0. The van der Waals surface area contributed by atoms with Crippen molar-refractivity contribution in [3.63, 3.8) is 0 Å². The number of nitriles is 1. The Bertz CT molecular complexity index is 802. The summed E-state index contributed by atoms with van der Waals surface area (Å²) in [5, 5.41) is 11.3. The number of halogens is 1. The number of allylic oxidation sites excluding steroid dienone is 2. The van der Waals surface area contributed by atoms with Crippen LogP contribution in [-0.2, 0) is 4.79 Å². The monoisotopic (exact) mass is 372 g/mol. The zero-order valence-corrected chi connectivity index (χ0v) is 16.2. The van der Waals surface area contributed by atoms with E-state index >= 15 is 0 Å². The Morgan fingerprint density at radius 1 is 1.32 bits per heavy atom. The summed E-state index contributed by atoms with van der Waals surface area (Å²) in [7, 11) is 0. The lowest BCUT2D eigenvalue weighted by Crippen LogP contribution is -2.35. The van der Waals surface area contributed by atoms with Gasteiger partial charge in [0.15, 0.2) is 5.78 Å². The molecule has 1 aromatic rings. The molecule has 1 aromatic carbocycles. The molecule has 2 aliphatic rings. The summed E-state index contributed by atoms with van der Waals surface area (Å²) in [6.45, 7) is 6.26. The number of Topliss-reactive ketones (excluding diaryl/α,β-unsaturated/α-hetero) is 1. The normalized spacial score (nSPS) is 25.2. The van der Waals surface area contributed by atoms with Gasteiger partial charge in [-0.1, -0.05) is 44.5 Å². The number of carbonyl (C=O) groups is 1. The van der Waals surface area contributed by atoms with Crippen molar-refractivity contribution in [3.8, 4) is 6.07 Å². The van der Waals surface area contributed by atoms with E-state index in [1.807, 2.05) is 24.3 Å². The Morgan fingerprint density at radius 3 is 2.60 bits per heavy atom. The number of hydrogen-bond acceptors (Lipinski definition) is 4. The third-order valence-electron chi connectivity index (χ3n) is 4.71. The first-order chi connectivity index (χ1) is 11.9. The van der Waals surface area contributed by atoms with Crippen molar-refractivity contribution >= 4 is 34.2 Å². The van der Waals surface area contributed by atoms with Crippen molar-refractivity contribution in [1.29, 1.82) is 5.26 Å². The lowest BCUT2D eigenvalue weighted by molar-refractivity contribution is -0.118. The van der Waals surface area contributed by atoms with E-state index in [4.69, 9.17) is 16.6 Å². The van der Waals surface area contributed by atoms with Crippen LogP contribution in [0.2, 0.25) is 5.02 Å². The standard InChI is InChI=1S/C20H21ClN2OS/c1-4-25-19-14(11-22)17(12-5-7-13(21)8-6-12)18-15(23-19)9-20(2,3)10-16(18)24/h5-8,14,17H,4,9-10H2,1-3H3/t14?,17-/m0/s1. The number of hydrogen-bond donors (Lipinski definition) is 0. The molecule has 130 valence electrons. The van der Waals surface area contributed by atoms with E-state index in [1.54, 1.807) is 11.8 Å². The largest absolute Gasteiger partial charge is 0.294 e. The van der Waals surface area contributed by atoms with Crippen LogP contribution in [0.15, 0.2) is 40.5 Å². The van der Waals surface area contributed by atoms with Gasteiger partial charge in [-0.05, 0) is 35.3 Å². The molecule has 25 heavy (non-hydrogen) atoms. The smallest absolute Gasteiger partial charge is 0.161 e. The van der Waals surface area contributed by atoms with Crippen molar-refractivity contribution in [3.05, 3.63) is 46.1 Å². The molecular weight excluding hydrogens is 352 g/mol. The molecule has 0 N–H and O–H groups in total. The first-order valence-electron chi connectivity index (χ1n) is 8.49. The van der Waals surface area contributed by atoms with Crippen molar-refractivity contribution in [1.82, 2.24) is 0 Å². The summed E-state index contributed by atoms with van der Waals surface area (Å²) in [6.07, 6.45) is 1.27. The van der Waals surface area contributed by atoms with Crippen LogP contribution < -0.4 is 0 Å². The predicted molar refractivity (Wildman–Crippen MR) is 104 cm³/mol. The number of aliphatic imine (C=N–C) groups is 1. The average molecular weight is 373 g/mol. The Hall–Kier alpha value is -1.57. The van der Waals surface area contributed by atoms with Crippen LogP contribution in [0.5, 0.6) is 0 Å². The maximum Gasteiger partial charge on any atom is 0.161 e. The lowest BCUT2D eigenvalue weighted by Gasteiger charge is -2.38. The van der Waals surface area contributed by atoms with Gasteiger partial charge in [0.05, 0.1) is 11.1 Å². The van der Waals surface area contributed by atoms with Gasteiger partial charge in [0.25, 0.3) is 0 Å².